The van der Waals surface area contributed by atoms with Crippen molar-refractivity contribution >= 4 is 12.0 Å². The van der Waals surface area contributed by atoms with Crippen LogP contribution in [0, 0.1) is 0 Å². The van der Waals surface area contributed by atoms with Crippen molar-refractivity contribution in [2.75, 3.05) is 6.54 Å². The fraction of sp³-hybridized carbons (Fsp3) is 0.846. The first-order valence-electron chi connectivity index (χ1n) is 6.64. The van der Waals surface area contributed by atoms with E-state index >= 15 is 0 Å². The molecule has 18 heavy (non-hydrogen) atoms. The topological polar surface area (TPSA) is 69.6 Å². The highest BCUT2D eigenvalue weighted by molar-refractivity contribution is 5.86. The second-order valence-corrected chi connectivity index (χ2v) is 4.86. The maximum atomic E-state index is 12.1. The lowest BCUT2D eigenvalue weighted by molar-refractivity contribution is -0.144. The molecule has 5 heteroatoms. The molecule has 0 fully saturated rings. The second-order valence-electron chi connectivity index (χ2n) is 4.86. The number of carboxylic acid groups (broad SMARTS) is 1. The molecule has 0 bridgehead atoms. The normalized spacial score (nSPS) is 15.6. The third-order valence-electron chi connectivity index (χ3n) is 3.33. The summed E-state index contributed by atoms with van der Waals surface area (Å²) in [5.41, 5.74) is -1.19. The molecule has 0 aliphatic rings. The van der Waals surface area contributed by atoms with Crippen molar-refractivity contribution in [1.29, 1.82) is 0 Å². The lowest BCUT2D eigenvalue weighted by Crippen LogP contribution is -2.57. The number of carboxylic acids is 1. The van der Waals surface area contributed by atoms with Crippen LogP contribution in [0.4, 0.5) is 4.79 Å². The smallest absolute Gasteiger partial charge is 0.329 e. The standard InChI is InChI=1S/C13H26N2O3/c1-6-9-13(5,11(16)17)14-12(18)15(8-3)10(4)7-2/h10H,6-9H2,1-5H3,(H,14,18)(H,16,17). The van der Waals surface area contributed by atoms with E-state index in [1.54, 1.807) is 11.8 Å². The summed E-state index contributed by atoms with van der Waals surface area (Å²) in [4.78, 5) is 25.0. The molecule has 0 aromatic heterocycles. The first kappa shape index (κ1) is 16.7. The largest absolute Gasteiger partial charge is 0.480 e. The van der Waals surface area contributed by atoms with Crippen LogP contribution >= 0.6 is 0 Å². The van der Waals surface area contributed by atoms with E-state index in [4.69, 9.17) is 0 Å². The van der Waals surface area contributed by atoms with Crippen molar-refractivity contribution in [1.82, 2.24) is 10.2 Å². The molecular formula is C13H26N2O3. The SMILES string of the molecule is CCCC(C)(NC(=O)N(CC)C(C)CC)C(=O)O. The summed E-state index contributed by atoms with van der Waals surface area (Å²) in [6, 6.07) is -0.195. The lowest BCUT2D eigenvalue weighted by Gasteiger charge is -2.33. The van der Waals surface area contributed by atoms with Crippen LogP contribution in [0.1, 0.15) is 53.9 Å². The zero-order chi connectivity index (χ0) is 14.3. The molecule has 0 rings (SSSR count). The summed E-state index contributed by atoms with van der Waals surface area (Å²) >= 11 is 0. The van der Waals surface area contributed by atoms with Crippen molar-refractivity contribution in [3.05, 3.63) is 0 Å². The fourth-order valence-electron chi connectivity index (χ4n) is 1.91. The van der Waals surface area contributed by atoms with Gasteiger partial charge in [0.2, 0.25) is 0 Å². The van der Waals surface area contributed by atoms with Crippen molar-refractivity contribution in [3.63, 3.8) is 0 Å². The van der Waals surface area contributed by atoms with E-state index in [2.05, 4.69) is 5.32 Å². The molecule has 0 aromatic rings. The van der Waals surface area contributed by atoms with Crippen molar-refractivity contribution in [3.8, 4) is 0 Å². The van der Waals surface area contributed by atoms with Crippen LogP contribution in [-0.4, -0.2) is 40.1 Å². The van der Waals surface area contributed by atoms with Crippen molar-refractivity contribution in [2.24, 2.45) is 0 Å². The predicted octanol–water partition coefficient (Wildman–Crippen LogP) is 2.46. The number of nitrogens with zero attached hydrogens (tertiary/aromatic N) is 1. The van der Waals surface area contributed by atoms with Gasteiger partial charge in [0.05, 0.1) is 0 Å². The van der Waals surface area contributed by atoms with Gasteiger partial charge < -0.3 is 15.3 Å². The summed E-state index contributed by atoms with van der Waals surface area (Å²) in [7, 11) is 0. The van der Waals surface area contributed by atoms with E-state index in [1.165, 1.54) is 0 Å². The van der Waals surface area contributed by atoms with Crippen LogP contribution in [0.15, 0.2) is 0 Å². The Morgan fingerprint density at radius 1 is 1.33 bits per heavy atom. The Hall–Kier alpha value is -1.26. The molecule has 0 aliphatic carbocycles. The van der Waals surface area contributed by atoms with Gasteiger partial charge in [0, 0.05) is 12.6 Å². The van der Waals surface area contributed by atoms with E-state index in [1.807, 2.05) is 27.7 Å². The zero-order valence-corrected chi connectivity index (χ0v) is 12.1. The Balaban J connectivity index is 4.83. The van der Waals surface area contributed by atoms with Crippen LogP contribution in [-0.2, 0) is 4.79 Å². The van der Waals surface area contributed by atoms with Gasteiger partial charge in [0.25, 0.3) is 0 Å². The van der Waals surface area contributed by atoms with Gasteiger partial charge in [-0.3, -0.25) is 0 Å². The highest BCUT2D eigenvalue weighted by Gasteiger charge is 2.35. The molecule has 2 N–H and O–H groups in total. The van der Waals surface area contributed by atoms with Crippen molar-refractivity contribution in [2.45, 2.75) is 65.5 Å². The fourth-order valence-corrected chi connectivity index (χ4v) is 1.91. The quantitative estimate of drug-likeness (QED) is 0.737. The zero-order valence-electron chi connectivity index (χ0n) is 12.1. The summed E-state index contributed by atoms with van der Waals surface area (Å²) in [5, 5.41) is 11.9. The van der Waals surface area contributed by atoms with Crippen molar-refractivity contribution < 1.29 is 14.7 Å². The van der Waals surface area contributed by atoms with Crippen LogP contribution < -0.4 is 5.32 Å². The minimum absolute atomic E-state index is 0.106. The molecule has 0 heterocycles. The maximum absolute atomic E-state index is 12.1. The summed E-state index contributed by atoms with van der Waals surface area (Å²) < 4.78 is 0. The molecule has 0 aliphatic heterocycles. The molecule has 2 atom stereocenters. The third-order valence-corrected chi connectivity index (χ3v) is 3.33. The highest BCUT2D eigenvalue weighted by atomic mass is 16.4. The number of amides is 2. The van der Waals surface area contributed by atoms with Gasteiger partial charge in [-0.1, -0.05) is 20.3 Å². The van der Waals surface area contributed by atoms with Gasteiger partial charge in [-0.2, -0.15) is 0 Å². The maximum Gasteiger partial charge on any atom is 0.329 e. The van der Waals surface area contributed by atoms with Gasteiger partial charge in [0.15, 0.2) is 0 Å². The Morgan fingerprint density at radius 3 is 2.22 bits per heavy atom. The van der Waals surface area contributed by atoms with Gasteiger partial charge in [0.1, 0.15) is 5.54 Å². The Bertz CT molecular complexity index is 294. The van der Waals surface area contributed by atoms with E-state index in [0.29, 0.717) is 19.4 Å². The molecule has 0 saturated heterocycles. The summed E-state index contributed by atoms with van der Waals surface area (Å²) in [6.07, 6.45) is 1.98. The molecule has 5 nitrogen and oxygen atoms in total. The number of rotatable bonds is 7. The molecule has 0 aromatic carbocycles. The Kier molecular flexibility index (Phi) is 6.73. The van der Waals surface area contributed by atoms with Gasteiger partial charge in [-0.25, -0.2) is 9.59 Å². The van der Waals surface area contributed by atoms with Gasteiger partial charge >= 0.3 is 12.0 Å². The minimum Gasteiger partial charge on any atom is -0.480 e. The third kappa shape index (κ3) is 4.20. The van der Waals surface area contributed by atoms with E-state index < -0.39 is 11.5 Å². The molecule has 2 amide bonds. The van der Waals surface area contributed by atoms with E-state index in [-0.39, 0.29) is 12.1 Å². The average Bonchev–Trinajstić information content (AvgIpc) is 2.29. The second kappa shape index (κ2) is 7.24. The number of urea groups is 1. The lowest BCUT2D eigenvalue weighted by atomic mass is 9.96. The number of hydrogen-bond donors (Lipinski definition) is 2. The highest BCUT2D eigenvalue weighted by Crippen LogP contribution is 2.14. The predicted molar refractivity (Wildman–Crippen MR) is 71.6 cm³/mol. The number of aliphatic carboxylic acids is 1. The number of hydrogen-bond acceptors (Lipinski definition) is 2. The molecular weight excluding hydrogens is 232 g/mol. The van der Waals surface area contributed by atoms with Crippen LogP contribution in [0.3, 0.4) is 0 Å². The number of carbonyl (C=O) groups is 2. The van der Waals surface area contributed by atoms with Gasteiger partial charge in [-0.05, 0) is 33.6 Å². The number of nitrogens with one attached hydrogen (secondary N) is 1. The summed E-state index contributed by atoms with van der Waals surface area (Å²) in [5.74, 6) is -0.988. The Morgan fingerprint density at radius 2 is 1.89 bits per heavy atom. The minimum atomic E-state index is -1.19. The van der Waals surface area contributed by atoms with E-state index in [0.717, 1.165) is 6.42 Å². The molecule has 106 valence electrons. The first-order chi connectivity index (χ1) is 8.32. The van der Waals surface area contributed by atoms with Gasteiger partial charge in [-0.15, -0.1) is 0 Å². The Labute approximate surface area is 110 Å². The molecule has 0 saturated carbocycles. The monoisotopic (exact) mass is 258 g/mol. The average molecular weight is 258 g/mol. The van der Waals surface area contributed by atoms with Crippen LogP contribution in [0.5, 0.6) is 0 Å². The van der Waals surface area contributed by atoms with Crippen LogP contribution in [0.2, 0.25) is 0 Å². The first-order valence-corrected chi connectivity index (χ1v) is 6.64. The number of carbonyl (C=O) groups excluding carboxylic acids is 1. The van der Waals surface area contributed by atoms with E-state index in [9.17, 15) is 14.7 Å². The summed E-state index contributed by atoms with van der Waals surface area (Å²) in [6.45, 7) is 9.89. The molecule has 0 spiro atoms. The molecule has 2 unspecified atom stereocenters. The van der Waals surface area contributed by atoms with Crippen LogP contribution in [0.25, 0.3) is 0 Å². The molecule has 0 radical (unpaired) electrons.